The fourth-order valence-electron chi connectivity index (χ4n) is 3.08. The predicted octanol–water partition coefficient (Wildman–Crippen LogP) is 4.90. The number of aromatic nitrogens is 4. The molecule has 0 saturated carbocycles. The third-order valence-corrected chi connectivity index (χ3v) is 5.10. The Bertz CT molecular complexity index is 1190. The molecule has 0 atom stereocenters. The number of fused-ring (bicyclic) bond motifs is 3. The second kappa shape index (κ2) is 8.57. The Balaban J connectivity index is 1.56. The van der Waals surface area contributed by atoms with Crippen LogP contribution in [0, 0.1) is 0 Å². The number of para-hydroxylation sites is 1. The zero-order chi connectivity index (χ0) is 20.2. The third kappa shape index (κ3) is 4.07. The molecule has 0 aliphatic heterocycles. The van der Waals surface area contributed by atoms with Crippen LogP contribution in [0.1, 0.15) is 25.3 Å². The van der Waals surface area contributed by atoms with Crippen molar-refractivity contribution in [3.05, 3.63) is 52.5 Å². The maximum absolute atomic E-state index is 5.83. The molecule has 0 unspecified atom stereocenters. The number of anilines is 1. The Hall–Kier alpha value is -3.00. The molecule has 2 aromatic heterocycles. The summed E-state index contributed by atoms with van der Waals surface area (Å²) in [7, 11) is 1.96. The normalized spacial score (nSPS) is 11.6. The zero-order valence-electron chi connectivity index (χ0n) is 16.3. The second-order valence-corrected chi connectivity index (χ2v) is 7.55. The average Bonchev–Trinajstić information content (AvgIpc) is 3.00. The number of nitrogens with one attached hydrogen (secondary N) is 1. The van der Waals surface area contributed by atoms with Gasteiger partial charge < -0.3 is 9.30 Å². The highest BCUT2D eigenvalue weighted by atomic mass is 79.9. The van der Waals surface area contributed by atoms with Crippen LogP contribution in [0.3, 0.4) is 0 Å². The molecule has 0 aliphatic carbocycles. The monoisotopic (exact) mass is 452 g/mol. The van der Waals surface area contributed by atoms with Gasteiger partial charge >= 0.3 is 0 Å². The number of hydrogen-bond donors (Lipinski definition) is 1. The molecule has 29 heavy (non-hydrogen) atoms. The number of ether oxygens (including phenoxy) is 1. The van der Waals surface area contributed by atoms with Crippen LogP contribution in [0.15, 0.2) is 52.0 Å². The Morgan fingerprint density at radius 3 is 2.93 bits per heavy atom. The van der Waals surface area contributed by atoms with Gasteiger partial charge in [-0.1, -0.05) is 41.4 Å². The molecule has 0 amide bonds. The third-order valence-electron chi connectivity index (χ3n) is 4.60. The average molecular weight is 453 g/mol. The van der Waals surface area contributed by atoms with Crippen molar-refractivity contribution in [2.45, 2.75) is 19.8 Å². The molecule has 2 heterocycles. The molecular weight excluding hydrogens is 432 g/mol. The minimum Gasteiger partial charge on any atom is -0.493 e. The fraction of sp³-hybridized carbons (Fsp3) is 0.238. The van der Waals surface area contributed by atoms with E-state index in [4.69, 9.17) is 4.74 Å². The van der Waals surface area contributed by atoms with Crippen molar-refractivity contribution in [2.75, 3.05) is 12.0 Å². The highest BCUT2D eigenvalue weighted by Gasteiger charge is 2.12. The van der Waals surface area contributed by atoms with E-state index in [0.717, 1.165) is 50.7 Å². The molecule has 0 spiro atoms. The molecule has 1 N–H and O–H groups in total. The van der Waals surface area contributed by atoms with Crippen LogP contribution in [0.5, 0.6) is 5.75 Å². The van der Waals surface area contributed by atoms with E-state index in [1.54, 1.807) is 6.21 Å². The number of aryl methyl sites for hydroxylation is 1. The summed E-state index contributed by atoms with van der Waals surface area (Å²) in [6.07, 6.45) is 3.81. The number of halogens is 1. The molecule has 7 nitrogen and oxygen atoms in total. The zero-order valence-corrected chi connectivity index (χ0v) is 17.8. The minimum absolute atomic E-state index is 0.336. The summed E-state index contributed by atoms with van der Waals surface area (Å²) >= 11 is 3.50. The number of hydrazone groups is 1. The molecule has 0 aliphatic rings. The van der Waals surface area contributed by atoms with Gasteiger partial charge in [-0.15, -0.1) is 10.2 Å². The van der Waals surface area contributed by atoms with Crippen LogP contribution in [0.25, 0.3) is 22.1 Å². The highest BCUT2D eigenvalue weighted by Crippen LogP contribution is 2.28. The largest absolute Gasteiger partial charge is 0.493 e. The van der Waals surface area contributed by atoms with Crippen molar-refractivity contribution in [3.63, 3.8) is 0 Å². The first-order chi connectivity index (χ1) is 14.2. The van der Waals surface area contributed by atoms with E-state index in [2.05, 4.69) is 48.6 Å². The van der Waals surface area contributed by atoms with Gasteiger partial charge in [0.05, 0.1) is 18.3 Å². The summed E-state index contributed by atoms with van der Waals surface area (Å²) in [6.45, 7) is 2.83. The van der Waals surface area contributed by atoms with Crippen molar-refractivity contribution >= 4 is 50.2 Å². The van der Waals surface area contributed by atoms with E-state index >= 15 is 0 Å². The summed E-state index contributed by atoms with van der Waals surface area (Å²) in [5.74, 6) is 1.14. The van der Waals surface area contributed by atoms with Gasteiger partial charge in [-0.25, -0.2) is 5.43 Å². The lowest BCUT2D eigenvalue weighted by Crippen LogP contribution is -2.02. The predicted molar refractivity (Wildman–Crippen MR) is 120 cm³/mol. The Morgan fingerprint density at radius 2 is 2.07 bits per heavy atom. The smallest absolute Gasteiger partial charge is 0.265 e. The van der Waals surface area contributed by atoms with E-state index in [9.17, 15) is 0 Å². The van der Waals surface area contributed by atoms with Gasteiger partial charge in [0.15, 0.2) is 5.65 Å². The van der Waals surface area contributed by atoms with E-state index in [-0.39, 0.29) is 0 Å². The summed E-state index contributed by atoms with van der Waals surface area (Å²) < 4.78 is 8.82. The Morgan fingerprint density at radius 1 is 1.21 bits per heavy atom. The van der Waals surface area contributed by atoms with Crippen molar-refractivity contribution in [1.29, 1.82) is 0 Å². The molecule has 0 saturated heterocycles. The number of unbranched alkanes of at least 4 members (excludes halogenated alkanes) is 1. The van der Waals surface area contributed by atoms with Crippen LogP contribution in [0.2, 0.25) is 0 Å². The van der Waals surface area contributed by atoms with Crippen LogP contribution < -0.4 is 10.2 Å². The van der Waals surface area contributed by atoms with Gasteiger partial charge in [-0.3, -0.25) is 0 Å². The van der Waals surface area contributed by atoms with Gasteiger partial charge in [-0.2, -0.15) is 10.1 Å². The molecule has 4 aromatic rings. The number of nitrogens with zero attached hydrogens (tertiary/aromatic N) is 5. The highest BCUT2D eigenvalue weighted by molar-refractivity contribution is 9.10. The van der Waals surface area contributed by atoms with E-state index in [1.165, 1.54) is 0 Å². The second-order valence-electron chi connectivity index (χ2n) is 6.64. The molecular formula is C21H21BrN6O. The van der Waals surface area contributed by atoms with Gasteiger partial charge in [0.1, 0.15) is 11.3 Å². The van der Waals surface area contributed by atoms with Crippen molar-refractivity contribution in [1.82, 2.24) is 19.7 Å². The lowest BCUT2D eigenvalue weighted by Gasteiger charge is -2.07. The summed E-state index contributed by atoms with van der Waals surface area (Å²) in [5, 5.41) is 13.8. The first kappa shape index (κ1) is 19.3. The maximum atomic E-state index is 5.83. The Kier molecular flexibility index (Phi) is 5.71. The molecule has 4 rings (SSSR count). The van der Waals surface area contributed by atoms with Crippen LogP contribution in [0.4, 0.5) is 5.95 Å². The lowest BCUT2D eigenvalue weighted by molar-refractivity contribution is 0.309. The van der Waals surface area contributed by atoms with Crippen LogP contribution in [-0.2, 0) is 7.05 Å². The van der Waals surface area contributed by atoms with Crippen molar-refractivity contribution < 1.29 is 4.74 Å². The molecule has 0 bridgehead atoms. The molecule has 0 fully saturated rings. The van der Waals surface area contributed by atoms with Crippen LogP contribution in [-0.4, -0.2) is 32.6 Å². The van der Waals surface area contributed by atoms with Gasteiger partial charge in [0.2, 0.25) is 0 Å². The maximum Gasteiger partial charge on any atom is 0.265 e. The topological polar surface area (TPSA) is 77.2 Å². The summed E-state index contributed by atoms with van der Waals surface area (Å²) in [6, 6.07) is 13.8. The molecule has 148 valence electrons. The SMILES string of the molecule is CCCCOc1ccccc1/C=N/Nc1nnc2c3cc(Br)ccc3n(C)c2n1. The molecule has 0 radical (unpaired) electrons. The first-order valence-corrected chi connectivity index (χ1v) is 10.3. The van der Waals surface area contributed by atoms with Gasteiger partial charge in [0, 0.05) is 22.5 Å². The molecule has 2 aromatic carbocycles. The standard InChI is InChI=1S/C21H21BrN6O/c1-3-4-11-29-18-8-6-5-7-14(18)13-23-26-21-24-20-19(25-27-21)16-12-15(22)9-10-17(16)28(20)2/h5-10,12-13H,3-4,11H2,1-2H3,(H,24,26,27)/b23-13+. The van der Waals surface area contributed by atoms with Crippen molar-refractivity contribution in [2.24, 2.45) is 12.1 Å². The van der Waals surface area contributed by atoms with Crippen LogP contribution >= 0.6 is 15.9 Å². The summed E-state index contributed by atoms with van der Waals surface area (Å²) in [4.78, 5) is 4.57. The number of benzene rings is 2. The number of hydrogen-bond acceptors (Lipinski definition) is 6. The van der Waals surface area contributed by atoms with E-state index < -0.39 is 0 Å². The molecule has 8 heteroatoms. The quantitative estimate of drug-likeness (QED) is 0.245. The van der Waals surface area contributed by atoms with Gasteiger partial charge in [-0.05, 0) is 36.8 Å². The minimum atomic E-state index is 0.336. The lowest BCUT2D eigenvalue weighted by atomic mass is 10.2. The number of rotatable bonds is 7. The first-order valence-electron chi connectivity index (χ1n) is 9.46. The summed E-state index contributed by atoms with van der Waals surface area (Å²) in [5.41, 5.74) is 6.30. The van der Waals surface area contributed by atoms with Gasteiger partial charge in [0.25, 0.3) is 5.95 Å². The van der Waals surface area contributed by atoms with E-state index in [0.29, 0.717) is 12.6 Å². The van der Waals surface area contributed by atoms with E-state index in [1.807, 2.05) is 54.1 Å². The van der Waals surface area contributed by atoms with Crippen molar-refractivity contribution in [3.8, 4) is 5.75 Å². The fourth-order valence-corrected chi connectivity index (χ4v) is 3.44. The Labute approximate surface area is 176 Å².